The normalized spacial score (nSPS) is 21.2. The number of amides is 1. The fourth-order valence-electron chi connectivity index (χ4n) is 3.79. The molecule has 0 aromatic heterocycles. The summed E-state index contributed by atoms with van der Waals surface area (Å²) in [6.07, 6.45) is 5.38. The predicted octanol–water partition coefficient (Wildman–Crippen LogP) is 2.45. The predicted molar refractivity (Wildman–Crippen MR) is 106 cm³/mol. The first-order valence-corrected chi connectivity index (χ1v) is 9.61. The van der Waals surface area contributed by atoms with Crippen LogP contribution < -0.4 is 20.3 Å². The van der Waals surface area contributed by atoms with Gasteiger partial charge in [-0.15, -0.1) is 0 Å². The van der Waals surface area contributed by atoms with Crippen molar-refractivity contribution in [2.24, 2.45) is 5.41 Å². The van der Waals surface area contributed by atoms with E-state index in [0.717, 1.165) is 18.9 Å². The number of carbonyl (C=O) groups excluding carboxylic acids is 1. The van der Waals surface area contributed by atoms with Crippen molar-refractivity contribution in [2.75, 3.05) is 25.6 Å². The Morgan fingerprint density at radius 3 is 2.79 bits per heavy atom. The number of allylic oxidation sites excluding steroid dienone is 1. The number of hydrogen-bond acceptors (Lipinski definition) is 5. The van der Waals surface area contributed by atoms with E-state index < -0.39 is 23.9 Å². The molecule has 8 heteroatoms. The monoisotopic (exact) mass is 407 g/mol. The summed E-state index contributed by atoms with van der Waals surface area (Å²) in [5.41, 5.74) is 0.876. The molecule has 158 valence electrons. The molecule has 3 rings (SSSR count). The Labute approximate surface area is 169 Å². The summed E-state index contributed by atoms with van der Waals surface area (Å²) in [7, 11) is 2.91. The smallest absolute Gasteiger partial charge is 0.247 e. The molecule has 0 bridgehead atoms. The number of anilines is 1. The minimum atomic E-state index is -1.06. The molecule has 1 aliphatic heterocycles. The summed E-state index contributed by atoms with van der Waals surface area (Å²) < 4.78 is 33.0. The first-order valence-electron chi connectivity index (χ1n) is 9.61. The van der Waals surface area contributed by atoms with Gasteiger partial charge in [-0.1, -0.05) is 12.7 Å². The van der Waals surface area contributed by atoms with Crippen LogP contribution in [0.4, 0.5) is 14.5 Å². The first kappa shape index (κ1) is 21.3. The standard InChI is InChI=1S/C21H27F2N3O3/c1-4-13(5-8-17(27)24-2)25-20(28)16-11-21(9-10-21)12-26(16)15-7-6-14(22)18(23)19(15)29-3/h4-7,16-17,24,27H,1,8-12H2,2-3H3,(H,25,28)/b13-5+. The summed E-state index contributed by atoms with van der Waals surface area (Å²) in [6, 6.07) is 1.95. The largest absolute Gasteiger partial charge is 0.491 e. The topological polar surface area (TPSA) is 73.8 Å². The van der Waals surface area contributed by atoms with Crippen LogP contribution in [0.3, 0.4) is 0 Å². The number of nitrogens with zero attached hydrogens (tertiary/aromatic N) is 1. The highest BCUT2D eigenvalue weighted by molar-refractivity contribution is 5.88. The average molecular weight is 407 g/mol. The summed E-state index contributed by atoms with van der Waals surface area (Å²) >= 11 is 0. The Balaban J connectivity index is 1.84. The van der Waals surface area contributed by atoms with Crippen molar-refractivity contribution in [1.29, 1.82) is 0 Å². The number of aliphatic hydroxyl groups is 1. The lowest BCUT2D eigenvalue weighted by atomic mass is 10.0. The second-order valence-corrected chi connectivity index (χ2v) is 7.65. The lowest BCUT2D eigenvalue weighted by Crippen LogP contribution is -2.43. The molecule has 0 radical (unpaired) electrons. The third kappa shape index (κ3) is 4.43. The first-order chi connectivity index (χ1) is 13.8. The minimum absolute atomic E-state index is 0.0261. The molecule has 1 aromatic rings. The van der Waals surface area contributed by atoms with Crippen molar-refractivity contribution in [2.45, 2.75) is 38.0 Å². The van der Waals surface area contributed by atoms with E-state index in [-0.39, 0.29) is 17.1 Å². The summed E-state index contributed by atoms with van der Waals surface area (Å²) in [6.45, 7) is 4.28. The van der Waals surface area contributed by atoms with Crippen molar-refractivity contribution in [3.8, 4) is 5.75 Å². The van der Waals surface area contributed by atoms with Gasteiger partial charge >= 0.3 is 0 Å². The van der Waals surface area contributed by atoms with E-state index in [2.05, 4.69) is 17.2 Å². The van der Waals surface area contributed by atoms with Gasteiger partial charge in [0.15, 0.2) is 11.6 Å². The fraction of sp³-hybridized carbons (Fsp3) is 0.476. The van der Waals surface area contributed by atoms with Crippen LogP contribution in [-0.2, 0) is 4.79 Å². The molecule has 2 aliphatic rings. The molecular formula is C21H27F2N3O3. The van der Waals surface area contributed by atoms with Crippen LogP contribution in [-0.4, -0.2) is 44.0 Å². The molecule has 29 heavy (non-hydrogen) atoms. The van der Waals surface area contributed by atoms with Crippen molar-refractivity contribution in [3.63, 3.8) is 0 Å². The summed E-state index contributed by atoms with van der Waals surface area (Å²) in [5, 5.41) is 15.2. The lowest BCUT2D eigenvalue weighted by molar-refractivity contribution is -0.121. The van der Waals surface area contributed by atoms with Gasteiger partial charge in [0.25, 0.3) is 0 Å². The van der Waals surface area contributed by atoms with Gasteiger partial charge in [0, 0.05) is 18.7 Å². The molecule has 6 nitrogen and oxygen atoms in total. The van der Waals surface area contributed by atoms with Gasteiger partial charge in [0.05, 0.1) is 12.8 Å². The molecular weight excluding hydrogens is 380 g/mol. The second-order valence-electron chi connectivity index (χ2n) is 7.65. The van der Waals surface area contributed by atoms with Crippen molar-refractivity contribution < 1.29 is 23.4 Å². The Kier molecular flexibility index (Phi) is 6.24. The molecule has 1 aromatic carbocycles. The molecule has 1 spiro atoms. The molecule has 2 fully saturated rings. The molecule has 3 N–H and O–H groups in total. The lowest BCUT2D eigenvalue weighted by Gasteiger charge is -2.28. The van der Waals surface area contributed by atoms with Gasteiger partial charge in [-0.3, -0.25) is 10.1 Å². The van der Waals surface area contributed by atoms with E-state index in [9.17, 15) is 18.7 Å². The van der Waals surface area contributed by atoms with Gasteiger partial charge in [-0.05, 0) is 49.9 Å². The van der Waals surface area contributed by atoms with Crippen LogP contribution in [0.15, 0.2) is 36.6 Å². The highest BCUT2D eigenvalue weighted by Crippen LogP contribution is 2.56. The zero-order valence-corrected chi connectivity index (χ0v) is 16.7. The molecule has 1 saturated carbocycles. The van der Waals surface area contributed by atoms with Crippen molar-refractivity contribution in [3.05, 3.63) is 48.2 Å². The Morgan fingerprint density at radius 2 is 2.21 bits per heavy atom. The highest BCUT2D eigenvalue weighted by atomic mass is 19.2. The summed E-state index contributed by atoms with van der Waals surface area (Å²) in [4.78, 5) is 14.8. The maximum Gasteiger partial charge on any atom is 0.247 e. The second kappa shape index (κ2) is 8.51. The van der Waals surface area contributed by atoms with E-state index in [0.29, 0.717) is 30.8 Å². The number of carbonyl (C=O) groups is 1. The molecule has 2 atom stereocenters. The number of methoxy groups -OCH3 is 1. The maximum absolute atomic E-state index is 14.2. The molecule has 1 heterocycles. The molecule has 1 amide bonds. The molecule has 1 saturated heterocycles. The van der Waals surface area contributed by atoms with Gasteiger partial charge in [-0.25, -0.2) is 4.39 Å². The van der Waals surface area contributed by atoms with Gasteiger partial charge in [0.1, 0.15) is 12.3 Å². The van der Waals surface area contributed by atoms with Crippen LogP contribution in [0.2, 0.25) is 0 Å². The Morgan fingerprint density at radius 1 is 1.48 bits per heavy atom. The van der Waals surface area contributed by atoms with Crippen molar-refractivity contribution >= 4 is 11.6 Å². The van der Waals surface area contributed by atoms with E-state index >= 15 is 0 Å². The Bertz CT molecular complexity index is 824. The van der Waals surface area contributed by atoms with Gasteiger partial charge in [0.2, 0.25) is 11.7 Å². The van der Waals surface area contributed by atoms with E-state index in [1.807, 2.05) is 0 Å². The van der Waals surface area contributed by atoms with E-state index in [1.54, 1.807) is 18.0 Å². The number of aliphatic hydroxyl groups excluding tert-OH is 1. The number of rotatable bonds is 8. The summed E-state index contributed by atoms with van der Waals surface area (Å²) in [5.74, 6) is -2.51. The van der Waals surface area contributed by atoms with E-state index in [1.165, 1.54) is 19.3 Å². The maximum atomic E-state index is 14.2. The van der Waals surface area contributed by atoms with Crippen LogP contribution in [0.5, 0.6) is 5.75 Å². The molecule has 2 unspecified atom stereocenters. The zero-order valence-electron chi connectivity index (χ0n) is 16.7. The van der Waals surface area contributed by atoms with E-state index in [4.69, 9.17) is 4.74 Å². The number of halogens is 2. The van der Waals surface area contributed by atoms with Gasteiger partial charge in [-0.2, -0.15) is 4.39 Å². The quantitative estimate of drug-likeness (QED) is 0.456. The fourth-order valence-corrected chi connectivity index (χ4v) is 3.79. The third-order valence-electron chi connectivity index (χ3n) is 5.69. The van der Waals surface area contributed by atoms with Gasteiger partial charge < -0.3 is 20.1 Å². The van der Waals surface area contributed by atoms with Crippen LogP contribution in [0.25, 0.3) is 0 Å². The van der Waals surface area contributed by atoms with Crippen LogP contribution in [0.1, 0.15) is 25.7 Å². The van der Waals surface area contributed by atoms with Crippen molar-refractivity contribution in [1.82, 2.24) is 10.6 Å². The van der Waals surface area contributed by atoms with Crippen LogP contribution in [0, 0.1) is 17.0 Å². The third-order valence-corrected chi connectivity index (χ3v) is 5.69. The number of hydrogen-bond donors (Lipinski definition) is 3. The number of ether oxygens (including phenoxy) is 1. The number of nitrogens with one attached hydrogen (secondary N) is 2. The SMILES string of the molecule is C=C/C(=C\CC(O)NC)NC(=O)C1CC2(CC2)CN1c1ccc(F)c(F)c1OC. The zero-order chi connectivity index (χ0) is 21.2. The highest BCUT2D eigenvalue weighted by Gasteiger charge is 2.54. The number of benzene rings is 1. The molecule has 1 aliphatic carbocycles. The minimum Gasteiger partial charge on any atom is -0.491 e. The van der Waals surface area contributed by atoms with Crippen LogP contribution >= 0.6 is 0 Å². The average Bonchev–Trinajstić information content (AvgIpc) is 3.36. The Hall–Kier alpha value is -2.45.